The van der Waals surface area contributed by atoms with Crippen molar-refractivity contribution in [2.45, 2.75) is 13.0 Å². The predicted octanol–water partition coefficient (Wildman–Crippen LogP) is 1.94. The molecule has 1 amide bonds. The lowest BCUT2D eigenvalue weighted by Crippen LogP contribution is -2.25. The van der Waals surface area contributed by atoms with Gasteiger partial charge in [-0.25, -0.2) is 0 Å². The Kier molecular flexibility index (Phi) is 4.88. The van der Waals surface area contributed by atoms with Crippen molar-refractivity contribution in [1.82, 2.24) is 10.3 Å². The fraction of sp³-hybridized carbons (Fsp3) is 0.200. The highest BCUT2D eigenvalue weighted by Gasteiger charge is 2.12. The second kappa shape index (κ2) is 6.85. The SMILES string of the molecule is CC(NC(=O)c1cncs1)c1ccc(C#CCN)cc1. The molecule has 1 atom stereocenters. The van der Waals surface area contributed by atoms with Crippen molar-refractivity contribution in [3.05, 3.63) is 52.0 Å². The van der Waals surface area contributed by atoms with E-state index in [9.17, 15) is 4.79 Å². The summed E-state index contributed by atoms with van der Waals surface area (Å²) in [6.45, 7) is 2.29. The van der Waals surface area contributed by atoms with Crippen LogP contribution in [0, 0.1) is 11.8 Å². The summed E-state index contributed by atoms with van der Waals surface area (Å²) in [4.78, 5) is 16.4. The van der Waals surface area contributed by atoms with E-state index in [2.05, 4.69) is 22.1 Å². The Hall–Kier alpha value is -2.16. The van der Waals surface area contributed by atoms with Crippen molar-refractivity contribution in [3.63, 3.8) is 0 Å². The molecule has 102 valence electrons. The Morgan fingerprint density at radius 1 is 1.45 bits per heavy atom. The number of rotatable bonds is 3. The Bertz CT molecular complexity index is 623. The molecule has 0 saturated carbocycles. The molecule has 0 radical (unpaired) electrons. The molecule has 1 unspecified atom stereocenters. The Labute approximate surface area is 122 Å². The van der Waals surface area contributed by atoms with Gasteiger partial charge in [-0.1, -0.05) is 24.0 Å². The van der Waals surface area contributed by atoms with E-state index in [0.717, 1.165) is 11.1 Å². The first-order valence-electron chi connectivity index (χ1n) is 6.19. The lowest BCUT2D eigenvalue weighted by Gasteiger charge is -2.13. The number of hydrogen-bond donors (Lipinski definition) is 2. The van der Waals surface area contributed by atoms with Crippen LogP contribution in [0.4, 0.5) is 0 Å². The third-order valence-electron chi connectivity index (χ3n) is 2.75. The lowest BCUT2D eigenvalue weighted by atomic mass is 10.1. The zero-order valence-electron chi connectivity index (χ0n) is 11.1. The minimum Gasteiger partial charge on any atom is -0.345 e. The van der Waals surface area contributed by atoms with Crippen LogP contribution in [0.15, 0.2) is 36.0 Å². The Morgan fingerprint density at radius 2 is 2.20 bits per heavy atom. The van der Waals surface area contributed by atoms with Crippen LogP contribution in [0.1, 0.15) is 33.8 Å². The van der Waals surface area contributed by atoms with E-state index in [1.54, 1.807) is 11.7 Å². The van der Waals surface area contributed by atoms with Gasteiger partial charge in [0.15, 0.2) is 0 Å². The first-order valence-corrected chi connectivity index (χ1v) is 7.07. The topological polar surface area (TPSA) is 68.0 Å². The largest absolute Gasteiger partial charge is 0.345 e. The van der Waals surface area contributed by atoms with Crippen molar-refractivity contribution in [2.24, 2.45) is 5.73 Å². The number of benzene rings is 1. The zero-order chi connectivity index (χ0) is 14.4. The highest BCUT2D eigenvalue weighted by molar-refractivity contribution is 7.11. The predicted molar refractivity (Wildman–Crippen MR) is 80.4 cm³/mol. The average molecular weight is 285 g/mol. The molecule has 1 aromatic heterocycles. The van der Waals surface area contributed by atoms with Gasteiger partial charge in [-0.2, -0.15) is 0 Å². The molecule has 1 heterocycles. The summed E-state index contributed by atoms with van der Waals surface area (Å²) in [5, 5.41) is 2.94. The summed E-state index contributed by atoms with van der Waals surface area (Å²) in [6.07, 6.45) is 1.57. The van der Waals surface area contributed by atoms with Crippen LogP contribution in [0.5, 0.6) is 0 Å². The number of amides is 1. The van der Waals surface area contributed by atoms with Crippen LogP contribution in [-0.2, 0) is 0 Å². The van der Waals surface area contributed by atoms with E-state index in [0.29, 0.717) is 11.4 Å². The quantitative estimate of drug-likeness (QED) is 0.847. The number of hydrogen-bond acceptors (Lipinski definition) is 4. The van der Waals surface area contributed by atoms with Gasteiger partial charge < -0.3 is 11.1 Å². The van der Waals surface area contributed by atoms with Crippen molar-refractivity contribution in [2.75, 3.05) is 6.54 Å². The molecule has 0 bridgehead atoms. The average Bonchev–Trinajstić information content (AvgIpc) is 3.00. The maximum atomic E-state index is 11.9. The van der Waals surface area contributed by atoms with Crippen LogP contribution >= 0.6 is 11.3 Å². The van der Waals surface area contributed by atoms with Crippen LogP contribution in [-0.4, -0.2) is 17.4 Å². The summed E-state index contributed by atoms with van der Waals surface area (Å²) < 4.78 is 0. The zero-order valence-corrected chi connectivity index (χ0v) is 11.9. The van der Waals surface area contributed by atoms with Crippen LogP contribution in [0.3, 0.4) is 0 Å². The van der Waals surface area contributed by atoms with Crippen LogP contribution < -0.4 is 11.1 Å². The molecule has 0 aliphatic rings. The molecule has 2 aromatic rings. The smallest absolute Gasteiger partial charge is 0.263 e. The second-order valence-corrected chi connectivity index (χ2v) is 5.08. The van der Waals surface area contributed by atoms with Gasteiger partial charge in [0.1, 0.15) is 4.88 Å². The molecular weight excluding hydrogens is 270 g/mol. The molecule has 1 aromatic carbocycles. The lowest BCUT2D eigenvalue weighted by molar-refractivity contribution is 0.0944. The normalized spacial score (nSPS) is 11.3. The van der Waals surface area contributed by atoms with E-state index in [1.165, 1.54) is 11.3 Å². The number of nitrogens with zero attached hydrogens (tertiary/aromatic N) is 1. The number of nitrogens with one attached hydrogen (secondary N) is 1. The molecule has 0 aliphatic heterocycles. The van der Waals surface area contributed by atoms with Gasteiger partial charge in [0, 0.05) is 5.56 Å². The first kappa shape index (κ1) is 14.3. The summed E-state index contributed by atoms with van der Waals surface area (Å²) in [5.74, 6) is 5.67. The summed E-state index contributed by atoms with van der Waals surface area (Å²) >= 11 is 1.33. The van der Waals surface area contributed by atoms with Crippen molar-refractivity contribution >= 4 is 17.2 Å². The van der Waals surface area contributed by atoms with Crippen LogP contribution in [0.25, 0.3) is 0 Å². The van der Waals surface area contributed by atoms with Gasteiger partial charge in [-0.3, -0.25) is 9.78 Å². The van der Waals surface area contributed by atoms with Crippen molar-refractivity contribution < 1.29 is 4.79 Å². The van der Waals surface area contributed by atoms with E-state index < -0.39 is 0 Å². The number of carbonyl (C=O) groups excluding carboxylic acids is 1. The molecular formula is C15H15N3OS. The fourth-order valence-electron chi connectivity index (χ4n) is 1.69. The molecule has 2 rings (SSSR count). The van der Waals surface area contributed by atoms with Gasteiger partial charge in [0.25, 0.3) is 5.91 Å². The van der Waals surface area contributed by atoms with Crippen molar-refractivity contribution in [3.8, 4) is 11.8 Å². The summed E-state index contributed by atoms with van der Waals surface area (Å²) in [5.41, 5.74) is 8.92. The highest BCUT2D eigenvalue weighted by Crippen LogP contribution is 2.15. The minimum absolute atomic E-state index is 0.0684. The van der Waals surface area contributed by atoms with E-state index in [4.69, 9.17) is 5.73 Å². The third-order valence-corrected chi connectivity index (χ3v) is 3.52. The monoisotopic (exact) mass is 285 g/mol. The maximum Gasteiger partial charge on any atom is 0.263 e. The molecule has 0 fully saturated rings. The van der Waals surface area contributed by atoms with Gasteiger partial charge in [-0.15, -0.1) is 11.3 Å². The van der Waals surface area contributed by atoms with E-state index >= 15 is 0 Å². The molecule has 4 nitrogen and oxygen atoms in total. The number of thiazole rings is 1. The minimum atomic E-state index is -0.105. The highest BCUT2D eigenvalue weighted by atomic mass is 32.1. The van der Waals surface area contributed by atoms with Crippen LogP contribution in [0.2, 0.25) is 0 Å². The molecule has 3 N–H and O–H groups in total. The second-order valence-electron chi connectivity index (χ2n) is 4.19. The number of aromatic nitrogens is 1. The number of carbonyl (C=O) groups is 1. The standard InChI is InChI=1S/C15H15N3OS/c1-11(18-15(19)14-9-17-10-20-14)13-6-4-12(5-7-13)3-2-8-16/h4-7,9-11H,8,16H2,1H3,(H,18,19). The molecule has 20 heavy (non-hydrogen) atoms. The molecule has 0 saturated heterocycles. The molecule has 5 heteroatoms. The summed E-state index contributed by atoms with van der Waals surface area (Å²) in [6, 6.07) is 7.69. The first-order chi connectivity index (χ1) is 9.70. The summed E-state index contributed by atoms with van der Waals surface area (Å²) in [7, 11) is 0. The van der Waals surface area contributed by atoms with Gasteiger partial charge in [0.05, 0.1) is 24.3 Å². The van der Waals surface area contributed by atoms with E-state index in [-0.39, 0.29) is 11.9 Å². The van der Waals surface area contributed by atoms with Gasteiger partial charge in [-0.05, 0) is 24.6 Å². The van der Waals surface area contributed by atoms with Gasteiger partial charge >= 0.3 is 0 Å². The van der Waals surface area contributed by atoms with Crippen molar-refractivity contribution in [1.29, 1.82) is 0 Å². The maximum absolute atomic E-state index is 11.9. The Balaban J connectivity index is 2.02. The third kappa shape index (κ3) is 3.67. The fourth-order valence-corrected chi connectivity index (χ4v) is 2.21. The number of nitrogens with two attached hydrogens (primary N) is 1. The Morgan fingerprint density at radius 3 is 2.80 bits per heavy atom. The molecule has 0 aliphatic carbocycles. The van der Waals surface area contributed by atoms with E-state index in [1.807, 2.05) is 31.2 Å². The van der Waals surface area contributed by atoms with Gasteiger partial charge in [0.2, 0.25) is 0 Å². The molecule has 0 spiro atoms.